The first-order chi connectivity index (χ1) is 13.5. The number of carbonyl (C=O) groups is 3. The van der Waals surface area contributed by atoms with E-state index in [1.165, 1.54) is 6.26 Å². The van der Waals surface area contributed by atoms with Crippen LogP contribution in [0, 0.1) is 0 Å². The van der Waals surface area contributed by atoms with Crippen LogP contribution in [0.5, 0.6) is 0 Å². The van der Waals surface area contributed by atoms with Crippen LogP contribution in [0.15, 0.2) is 71.3 Å². The van der Waals surface area contributed by atoms with Gasteiger partial charge in [-0.15, -0.1) is 0 Å². The van der Waals surface area contributed by atoms with Gasteiger partial charge in [0.25, 0.3) is 11.8 Å². The predicted octanol–water partition coefficient (Wildman–Crippen LogP) is 3.25. The van der Waals surface area contributed by atoms with E-state index in [-0.39, 0.29) is 5.76 Å². The molecule has 4 rings (SSSR count). The SMILES string of the molecule is C[C@@]1(c2cccc(NC(=O)c3occc3-c3ccccc3)c2)NC(=O)NC1=O. The third-order valence-corrected chi connectivity index (χ3v) is 4.70. The van der Waals surface area contributed by atoms with E-state index in [9.17, 15) is 14.4 Å². The number of hydrogen-bond acceptors (Lipinski definition) is 4. The van der Waals surface area contributed by atoms with Gasteiger partial charge in [-0.1, -0.05) is 42.5 Å². The van der Waals surface area contributed by atoms with E-state index in [1.54, 1.807) is 37.3 Å². The van der Waals surface area contributed by atoms with Crippen molar-refractivity contribution in [3.05, 3.63) is 78.3 Å². The maximum Gasteiger partial charge on any atom is 0.322 e. The Labute approximate surface area is 160 Å². The molecule has 1 aliphatic rings. The molecule has 1 saturated heterocycles. The Morgan fingerprint density at radius 3 is 2.54 bits per heavy atom. The monoisotopic (exact) mass is 375 g/mol. The van der Waals surface area contributed by atoms with E-state index in [4.69, 9.17) is 4.42 Å². The van der Waals surface area contributed by atoms with Crippen molar-refractivity contribution in [3.8, 4) is 11.1 Å². The highest BCUT2D eigenvalue weighted by atomic mass is 16.3. The molecule has 3 aromatic rings. The average Bonchev–Trinajstić information content (AvgIpc) is 3.28. The van der Waals surface area contributed by atoms with E-state index < -0.39 is 23.4 Å². The summed E-state index contributed by atoms with van der Waals surface area (Å²) in [7, 11) is 0. The lowest BCUT2D eigenvalue weighted by Crippen LogP contribution is -2.40. The highest BCUT2D eigenvalue weighted by molar-refractivity contribution is 6.08. The number of rotatable bonds is 4. The largest absolute Gasteiger partial charge is 0.459 e. The van der Waals surface area contributed by atoms with Crippen LogP contribution >= 0.6 is 0 Å². The second-order valence-electron chi connectivity index (χ2n) is 6.60. The summed E-state index contributed by atoms with van der Waals surface area (Å²) >= 11 is 0. The summed E-state index contributed by atoms with van der Waals surface area (Å²) in [6.07, 6.45) is 1.47. The number of imide groups is 1. The molecule has 0 unspecified atom stereocenters. The number of benzene rings is 2. The minimum absolute atomic E-state index is 0.190. The van der Waals surface area contributed by atoms with Gasteiger partial charge >= 0.3 is 6.03 Å². The molecule has 0 saturated carbocycles. The molecule has 1 aromatic heterocycles. The Balaban J connectivity index is 1.60. The van der Waals surface area contributed by atoms with E-state index >= 15 is 0 Å². The number of anilines is 1. The highest BCUT2D eigenvalue weighted by Gasteiger charge is 2.43. The summed E-state index contributed by atoms with van der Waals surface area (Å²) in [5, 5.41) is 7.61. The molecular weight excluding hydrogens is 358 g/mol. The first-order valence-electron chi connectivity index (χ1n) is 8.66. The lowest BCUT2D eigenvalue weighted by molar-refractivity contribution is -0.123. The van der Waals surface area contributed by atoms with Crippen molar-refractivity contribution >= 4 is 23.5 Å². The van der Waals surface area contributed by atoms with Crippen molar-refractivity contribution in [1.82, 2.24) is 10.6 Å². The number of urea groups is 1. The van der Waals surface area contributed by atoms with Crippen LogP contribution in [0.2, 0.25) is 0 Å². The second kappa shape index (κ2) is 6.70. The van der Waals surface area contributed by atoms with Gasteiger partial charge in [0.05, 0.1) is 6.26 Å². The number of amides is 4. The standard InChI is InChI=1S/C21H17N3O4/c1-21(19(26)23-20(27)24-21)14-8-5-9-15(12-14)22-18(25)17-16(10-11-28-17)13-6-3-2-4-7-13/h2-12H,1H3,(H,22,25)(H2,23,24,26,27)/t21-/m0/s1. The Kier molecular flexibility index (Phi) is 4.19. The summed E-state index contributed by atoms with van der Waals surface area (Å²) in [5.41, 5.74) is 1.39. The van der Waals surface area contributed by atoms with Gasteiger partial charge in [-0.25, -0.2) is 4.79 Å². The third kappa shape index (κ3) is 3.03. The van der Waals surface area contributed by atoms with Gasteiger partial charge in [-0.3, -0.25) is 14.9 Å². The zero-order chi connectivity index (χ0) is 19.7. The maximum atomic E-state index is 12.7. The predicted molar refractivity (Wildman–Crippen MR) is 103 cm³/mol. The van der Waals surface area contributed by atoms with Crippen molar-refractivity contribution in [2.45, 2.75) is 12.5 Å². The quantitative estimate of drug-likeness (QED) is 0.609. The van der Waals surface area contributed by atoms with Crippen LogP contribution < -0.4 is 16.0 Å². The summed E-state index contributed by atoms with van der Waals surface area (Å²) in [6.45, 7) is 1.61. The van der Waals surface area contributed by atoms with Crippen LogP contribution in [0.4, 0.5) is 10.5 Å². The molecule has 4 amide bonds. The molecule has 1 atom stereocenters. The molecule has 1 aliphatic heterocycles. The van der Waals surface area contributed by atoms with Crippen LogP contribution in [-0.2, 0) is 10.3 Å². The van der Waals surface area contributed by atoms with Crippen molar-refractivity contribution in [2.24, 2.45) is 0 Å². The first-order valence-corrected chi connectivity index (χ1v) is 8.66. The van der Waals surface area contributed by atoms with E-state index in [0.717, 1.165) is 5.56 Å². The molecule has 1 fully saturated rings. The molecule has 0 bridgehead atoms. The molecule has 3 N–H and O–H groups in total. The normalized spacial score (nSPS) is 18.5. The number of nitrogens with one attached hydrogen (secondary N) is 3. The minimum Gasteiger partial charge on any atom is -0.459 e. The van der Waals surface area contributed by atoms with Crippen LogP contribution in [-0.4, -0.2) is 17.8 Å². The van der Waals surface area contributed by atoms with Crippen LogP contribution in [0.25, 0.3) is 11.1 Å². The number of carbonyl (C=O) groups excluding carboxylic acids is 3. The van der Waals surface area contributed by atoms with Crippen molar-refractivity contribution < 1.29 is 18.8 Å². The lowest BCUT2D eigenvalue weighted by Gasteiger charge is -2.21. The Bertz CT molecular complexity index is 1070. The van der Waals surface area contributed by atoms with Gasteiger partial charge in [0, 0.05) is 11.3 Å². The molecule has 0 spiro atoms. The fourth-order valence-electron chi connectivity index (χ4n) is 3.17. The maximum absolute atomic E-state index is 12.7. The molecule has 7 nitrogen and oxygen atoms in total. The Morgan fingerprint density at radius 2 is 1.82 bits per heavy atom. The summed E-state index contributed by atoms with van der Waals surface area (Å²) < 4.78 is 5.40. The van der Waals surface area contributed by atoms with Crippen LogP contribution in [0.3, 0.4) is 0 Å². The zero-order valence-electron chi connectivity index (χ0n) is 15.0. The van der Waals surface area contributed by atoms with Crippen molar-refractivity contribution in [2.75, 3.05) is 5.32 Å². The molecule has 0 aliphatic carbocycles. The van der Waals surface area contributed by atoms with Gasteiger partial charge in [0.2, 0.25) is 0 Å². The molecule has 0 radical (unpaired) electrons. The molecule has 2 heterocycles. The van der Waals surface area contributed by atoms with Crippen LogP contribution in [0.1, 0.15) is 23.0 Å². The zero-order valence-corrected chi connectivity index (χ0v) is 15.0. The lowest BCUT2D eigenvalue weighted by atomic mass is 9.92. The molecule has 7 heteroatoms. The summed E-state index contributed by atoms with van der Waals surface area (Å²) in [6, 6.07) is 17.4. The fourth-order valence-corrected chi connectivity index (χ4v) is 3.17. The van der Waals surface area contributed by atoms with Crippen molar-refractivity contribution in [1.29, 1.82) is 0 Å². The highest BCUT2D eigenvalue weighted by Crippen LogP contribution is 2.28. The van der Waals surface area contributed by atoms with E-state index in [0.29, 0.717) is 16.8 Å². The topological polar surface area (TPSA) is 100 Å². The molecule has 28 heavy (non-hydrogen) atoms. The van der Waals surface area contributed by atoms with Gasteiger partial charge in [0.15, 0.2) is 5.76 Å². The van der Waals surface area contributed by atoms with Gasteiger partial charge in [-0.05, 0) is 36.2 Å². The smallest absolute Gasteiger partial charge is 0.322 e. The number of furan rings is 1. The average molecular weight is 375 g/mol. The number of hydrogen-bond donors (Lipinski definition) is 3. The summed E-state index contributed by atoms with van der Waals surface area (Å²) in [4.78, 5) is 36.4. The molecular formula is C21H17N3O4. The Morgan fingerprint density at radius 1 is 1.04 bits per heavy atom. The van der Waals surface area contributed by atoms with E-state index in [2.05, 4.69) is 16.0 Å². The van der Waals surface area contributed by atoms with E-state index in [1.807, 2.05) is 30.3 Å². The molecule has 2 aromatic carbocycles. The first kappa shape index (κ1) is 17.5. The second-order valence-corrected chi connectivity index (χ2v) is 6.60. The molecule has 140 valence electrons. The van der Waals surface area contributed by atoms with Gasteiger partial charge < -0.3 is 15.1 Å². The summed E-state index contributed by atoms with van der Waals surface area (Å²) in [5.74, 6) is -0.667. The Hall–Kier alpha value is -3.87. The third-order valence-electron chi connectivity index (χ3n) is 4.70. The van der Waals surface area contributed by atoms with Gasteiger partial charge in [0.1, 0.15) is 5.54 Å². The fraction of sp³-hybridized carbons (Fsp3) is 0.0952. The van der Waals surface area contributed by atoms with Crippen molar-refractivity contribution in [3.63, 3.8) is 0 Å². The van der Waals surface area contributed by atoms with Gasteiger partial charge in [-0.2, -0.15) is 0 Å². The minimum atomic E-state index is -1.20.